The fraction of sp³-hybridized carbons (Fsp3) is 0.333. The minimum Gasteiger partial charge on any atom is -0.236 e. The first-order chi connectivity index (χ1) is 8.33. The third-order valence-electron chi connectivity index (χ3n) is 2.86. The molecule has 2 nitrogen and oxygen atoms in total. The van der Waals surface area contributed by atoms with Crippen LogP contribution in [0.2, 0.25) is 0 Å². The third-order valence-corrected chi connectivity index (χ3v) is 2.86. The van der Waals surface area contributed by atoms with Crippen LogP contribution < -0.4 is 0 Å². The first kappa shape index (κ1) is 11.8. The van der Waals surface area contributed by atoms with E-state index >= 15 is 0 Å². The van der Waals surface area contributed by atoms with Gasteiger partial charge in [-0.1, -0.05) is 44.5 Å². The maximum Gasteiger partial charge on any atom is 0.159 e. The molecule has 2 aromatic rings. The highest BCUT2D eigenvalue weighted by molar-refractivity contribution is 5.55. The summed E-state index contributed by atoms with van der Waals surface area (Å²) in [4.78, 5) is 8.77. The van der Waals surface area contributed by atoms with E-state index in [4.69, 9.17) is 0 Å². The number of rotatable bonds is 4. The average Bonchev–Trinajstić information content (AvgIpc) is 2.40. The first-order valence-electron chi connectivity index (χ1n) is 6.23. The summed E-state index contributed by atoms with van der Waals surface area (Å²) in [6, 6.07) is 8.53. The summed E-state index contributed by atoms with van der Waals surface area (Å²) in [7, 11) is 0. The molecule has 0 bridgehead atoms. The summed E-state index contributed by atoms with van der Waals surface area (Å²) in [6.07, 6.45) is 7.11. The van der Waals surface area contributed by atoms with Gasteiger partial charge in [0, 0.05) is 18.0 Å². The van der Waals surface area contributed by atoms with Gasteiger partial charge in [0.2, 0.25) is 0 Å². The fourth-order valence-corrected chi connectivity index (χ4v) is 1.80. The third kappa shape index (κ3) is 2.90. The molecule has 0 fully saturated rings. The summed E-state index contributed by atoms with van der Waals surface area (Å²) in [5, 5.41) is 0. The van der Waals surface area contributed by atoms with E-state index in [0.29, 0.717) is 0 Å². The molecular weight excluding hydrogens is 208 g/mol. The van der Waals surface area contributed by atoms with Crippen LogP contribution in [0.5, 0.6) is 0 Å². The Morgan fingerprint density at radius 1 is 0.882 bits per heavy atom. The number of aromatic nitrogens is 2. The summed E-state index contributed by atoms with van der Waals surface area (Å²) in [5.74, 6) is 0.810. The van der Waals surface area contributed by atoms with Gasteiger partial charge in [-0.3, -0.25) is 0 Å². The van der Waals surface area contributed by atoms with Crippen molar-refractivity contribution in [3.8, 4) is 11.4 Å². The molecule has 0 aliphatic rings. The van der Waals surface area contributed by atoms with Crippen molar-refractivity contribution in [3.05, 3.63) is 47.8 Å². The van der Waals surface area contributed by atoms with Gasteiger partial charge in [0.1, 0.15) is 0 Å². The quantitative estimate of drug-likeness (QED) is 0.795. The second kappa shape index (κ2) is 5.58. The number of hydrogen-bond donors (Lipinski definition) is 0. The maximum atomic E-state index is 4.38. The number of benzene rings is 1. The minimum absolute atomic E-state index is 0.810. The van der Waals surface area contributed by atoms with E-state index < -0.39 is 0 Å². The molecule has 1 aromatic heterocycles. The predicted molar refractivity (Wildman–Crippen MR) is 70.8 cm³/mol. The minimum atomic E-state index is 0.810. The number of hydrogen-bond acceptors (Lipinski definition) is 2. The molecule has 2 heteroatoms. The van der Waals surface area contributed by atoms with Crippen molar-refractivity contribution < 1.29 is 0 Å². The molecule has 0 N–H and O–H groups in total. The second-order valence-electron chi connectivity index (χ2n) is 4.22. The van der Waals surface area contributed by atoms with Gasteiger partial charge in [0.25, 0.3) is 0 Å². The Labute approximate surface area is 103 Å². The van der Waals surface area contributed by atoms with Gasteiger partial charge in [-0.25, -0.2) is 9.97 Å². The van der Waals surface area contributed by atoms with Crippen LogP contribution in [0.4, 0.5) is 0 Å². The number of aryl methyl sites for hydroxylation is 2. The average molecular weight is 226 g/mol. The smallest absolute Gasteiger partial charge is 0.159 e. The Hall–Kier alpha value is -1.70. The number of nitrogens with zero attached hydrogens (tertiary/aromatic N) is 2. The topological polar surface area (TPSA) is 25.8 Å². The van der Waals surface area contributed by atoms with Gasteiger partial charge in [0.05, 0.1) is 0 Å². The summed E-state index contributed by atoms with van der Waals surface area (Å²) >= 11 is 0. The standard InChI is InChI=1S/C15H18N2/c1-3-5-13-6-8-14(9-7-13)15-16-10-12(4-2)11-17-15/h6-11H,3-5H2,1-2H3. The summed E-state index contributed by atoms with van der Waals surface area (Å²) in [5.41, 5.74) is 3.64. The Kier molecular flexibility index (Phi) is 3.86. The van der Waals surface area contributed by atoms with Crippen LogP contribution in [-0.2, 0) is 12.8 Å². The fourth-order valence-electron chi connectivity index (χ4n) is 1.80. The molecule has 0 unspecified atom stereocenters. The van der Waals surface area contributed by atoms with Gasteiger partial charge in [-0.05, 0) is 24.0 Å². The van der Waals surface area contributed by atoms with Gasteiger partial charge in [0.15, 0.2) is 5.82 Å². The maximum absolute atomic E-state index is 4.38. The van der Waals surface area contributed by atoms with Gasteiger partial charge < -0.3 is 0 Å². The SMILES string of the molecule is CCCc1ccc(-c2ncc(CC)cn2)cc1. The van der Waals surface area contributed by atoms with E-state index in [1.54, 1.807) is 0 Å². The molecule has 0 amide bonds. The lowest BCUT2D eigenvalue weighted by Gasteiger charge is -2.03. The van der Waals surface area contributed by atoms with E-state index in [9.17, 15) is 0 Å². The highest BCUT2D eigenvalue weighted by Crippen LogP contribution is 2.16. The van der Waals surface area contributed by atoms with Crippen LogP contribution in [0.1, 0.15) is 31.4 Å². The van der Waals surface area contributed by atoms with E-state index in [-0.39, 0.29) is 0 Å². The van der Waals surface area contributed by atoms with Crippen molar-refractivity contribution in [3.63, 3.8) is 0 Å². The Morgan fingerprint density at radius 3 is 2.06 bits per heavy atom. The van der Waals surface area contributed by atoms with Crippen molar-refractivity contribution in [1.29, 1.82) is 0 Å². The normalized spacial score (nSPS) is 10.5. The highest BCUT2D eigenvalue weighted by Gasteiger charge is 2.01. The highest BCUT2D eigenvalue weighted by atomic mass is 14.9. The largest absolute Gasteiger partial charge is 0.236 e. The molecule has 88 valence electrons. The van der Waals surface area contributed by atoms with E-state index in [0.717, 1.165) is 24.2 Å². The molecule has 17 heavy (non-hydrogen) atoms. The summed E-state index contributed by atoms with van der Waals surface area (Å²) in [6.45, 7) is 4.30. The molecule has 0 saturated heterocycles. The molecule has 0 saturated carbocycles. The van der Waals surface area contributed by atoms with Crippen LogP contribution in [0, 0.1) is 0 Å². The van der Waals surface area contributed by atoms with Crippen molar-refractivity contribution >= 4 is 0 Å². The lowest BCUT2D eigenvalue weighted by molar-refractivity contribution is 0.922. The molecule has 0 aliphatic carbocycles. The van der Waals surface area contributed by atoms with Crippen LogP contribution >= 0.6 is 0 Å². The van der Waals surface area contributed by atoms with Crippen LogP contribution in [0.3, 0.4) is 0 Å². The van der Waals surface area contributed by atoms with Crippen LogP contribution in [0.15, 0.2) is 36.7 Å². The van der Waals surface area contributed by atoms with Crippen molar-refractivity contribution in [2.75, 3.05) is 0 Å². The van der Waals surface area contributed by atoms with Crippen LogP contribution in [0.25, 0.3) is 11.4 Å². The Balaban J connectivity index is 2.20. The molecule has 0 aliphatic heterocycles. The van der Waals surface area contributed by atoms with Crippen molar-refractivity contribution in [1.82, 2.24) is 9.97 Å². The molecule has 0 spiro atoms. The van der Waals surface area contributed by atoms with Gasteiger partial charge in [-0.15, -0.1) is 0 Å². The lowest BCUT2D eigenvalue weighted by atomic mass is 10.1. The van der Waals surface area contributed by atoms with Crippen LogP contribution in [-0.4, -0.2) is 9.97 Å². The zero-order valence-corrected chi connectivity index (χ0v) is 10.5. The molecule has 0 radical (unpaired) electrons. The predicted octanol–water partition coefficient (Wildman–Crippen LogP) is 3.66. The second-order valence-corrected chi connectivity index (χ2v) is 4.22. The monoisotopic (exact) mass is 226 g/mol. The van der Waals surface area contributed by atoms with E-state index in [1.165, 1.54) is 17.5 Å². The molecule has 1 heterocycles. The lowest BCUT2D eigenvalue weighted by Crippen LogP contribution is -1.91. The zero-order chi connectivity index (χ0) is 12.1. The molecule has 0 atom stereocenters. The van der Waals surface area contributed by atoms with E-state index in [2.05, 4.69) is 48.1 Å². The van der Waals surface area contributed by atoms with Gasteiger partial charge >= 0.3 is 0 Å². The Morgan fingerprint density at radius 2 is 1.53 bits per heavy atom. The molecule has 1 aromatic carbocycles. The first-order valence-corrected chi connectivity index (χ1v) is 6.23. The summed E-state index contributed by atoms with van der Waals surface area (Å²) < 4.78 is 0. The van der Waals surface area contributed by atoms with Crippen molar-refractivity contribution in [2.24, 2.45) is 0 Å². The van der Waals surface area contributed by atoms with Crippen molar-refractivity contribution in [2.45, 2.75) is 33.1 Å². The zero-order valence-electron chi connectivity index (χ0n) is 10.5. The Bertz CT molecular complexity index is 457. The molecular formula is C15H18N2. The molecule has 2 rings (SSSR count). The van der Waals surface area contributed by atoms with E-state index in [1.807, 2.05) is 12.4 Å². The van der Waals surface area contributed by atoms with Gasteiger partial charge in [-0.2, -0.15) is 0 Å².